The normalized spacial score (nSPS) is 23.5. The zero-order chi connectivity index (χ0) is 24.5. The molecule has 3 aliphatic rings. The molecule has 0 aromatic carbocycles. The Morgan fingerprint density at radius 2 is 1.89 bits per heavy atom. The molecule has 35 heavy (non-hydrogen) atoms. The van der Waals surface area contributed by atoms with Gasteiger partial charge in [0, 0.05) is 12.5 Å². The summed E-state index contributed by atoms with van der Waals surface area (Å²) in [5.41, 5.74) is 1.74. The van der Waals surface area contributed by atoms with Gasteiger partial charge in [0.25, 0.3) is 5.91 Å². The number of imide groups is 2. The molecule has 4 heterocycles. The molecule has 0 spiro atoms. The molecule has 2 fully saturated rings. The first-order valence-electron chi connectivity index (χ1n) is 11.8. The Morgan fingerprint density at radius 1 is 1.11 bits per heavy atom. The second kappa shape index (κ2) is 9.36. The van der Waals surface area contributed by atoms with Crippen LogP contribution in [0.2, 0.25) is 0 Å². The lowest BCUT2D eigenvalue weighted by Gasteiger charge is -2.28. The number of carbonyl (C=O) groups is 4. The number of urea groups is 1. The van der Waals surface area contributed by atoms with E-state index in [0.29, 0.717) is 22.8 Å². The Balaban J connectivity index is 1.43. The minimum absolute atomic E-state index is 0.104. The van der Waals surface area contributed by atoms with E-state index in [1.165, 1.54) is 11.3 Å². The number of hydrazone groups is 1. The summed E-state index contributed by atoms with van der Waals surface area (Å²) in [5, 5.41) is 5.98. The number of nitrogens with zero attached hydrogens (tertiary/aromatic N) is 4. The van der Waals surface area contributed by atoms with Gasteiger partial charge in [-0.2, -0.15) is 5.10 Å². The standard InChI is InChI=1S/C25H26N4O6/c1-2-3-11-27-23(31)24(32)28(25(27)33)15-20(30)29-22(19-10-6-13-35-19)18-9-4-7-16(21(18)26-29)14-17-8-5-12-34-17/h5-6,8,10,12-14,18,22H,2-4,7,9,11,15H2,1H3/b16-14+. The van der Waals surface area contributed by atoms with E-state index in [2.05, 4.69) is 5.10 Å². The number of furan rings is 2. The number of hydrogen-bond donors (Lipinski definition) is 0. The number of amides is 5. The van der Waals surface area contributed by atoms with E-state index in [-0.39, 0.29) is 12.5 Å². The Labute approximate surface area is 201 Å². The van der Waals surface area contributed by atoms with Gasteiger partial charge in [0.05, 0.1) is 18.2 Å². The minimum Gasteiger partial charge on any atom is -0.467 e. The summed E-state index contributed by atoms with van der Waals surface area (Å²) in [6.07, 6.45) is 8.89. The van der Waals surface area contributed by atoms with Crippen LogP contribution in [0.5, 0.6) is 0 Å². The van der Waals surface area contributed by atoms with Crippen LogP contribution in [0.25, 0.3) is 6.08 Å². The second-order valence-electron chi connectivity index (χ2n) is 8.85. The molecule has 2 aliphatic heterocycles. The van der Waals surface area contributed by atoms with E-state index in [1.807, 2.05) is 19.1 Å². The maximum absolute atomic E-state index is 13.5. The molecule has 2 aromatic rings. The van der Waals surface area contributed by atoms with Crippen molar-refractivity contribution in [2.45, 2.75) is 45.1 Å². The Morgan fingerprint density at radius 3 is 2.60 bits per heavy atom. The summed E-state index contributed by atoms with van der Waals surface area (Å²) in [7, 11) is 0. The number of fused-ring (bicyclic) bond motifs is 1. The first-order valence-corrected chi connectivity index (χ1v) is 11.8. The molecule has 0 bridgehead atoms. The summed E-state index contributed by atoms with van der Waals surface area (Å²) < 4.78 is 11.1. The molecule has 2 atom stereocenters. The topological polar surface area (TPSA) is 117 Å². The van der Waals surface area contributed by atoms with Crippen molar-refractivity contribution in [3.63, 3.8) is 0 Å². The van der Waals surface area contributed by atoms with Crippen LogP contribution in [-0.4, -0.2) is 57.4 Å². The molecule has 1 saturated heterocycles. The van der Waals surface area contributed by atoms with Crippen LogP contribution in [0.15, 0.2) is 56.3 Å². The summed E-state index contributed by atoms with van der Waals surface area (Å²) in [5.74, 6) is -1.28. The largest absolute Gasteiger partial charge is 0.467 e. The summed E-state index contributed by atoms with van der Waals surface area (Å²) in [4.78, 5) is 52.6. The quantitative estimate of drug-likeness (QED) is 0.444. The maximum Gasteiger partial charge on any atom is 0.334 e. The highest BCUT2D eigenvalue weighted by Gasteiger charge is 2.49. The van der Waals surface area contributed by atoms with Gasteiger partial charge >= 0.3 is 17.8 Å². The molecule has 1 saturated carbocycles. The molecule has 1 aliphatic carbocycles. The molecule has 0 N–H and O–H groups in total. The molecule has 10 nitrogen and oxygen atoms in total. The Hall–Kier alpha value is -3.95. The Kier molecular flexibility index (Phi) is 6.10. The number of rotatable bonds is 7. The molecule has 5 rings (SSSR count). The van der Waals surface area contributed by atoms with Crippen LogP contribution in [0, 0.1) is 5.92 Å². The van der Waals surface area contributed by atoms with E-state index in [9.17, 15) is 19.2 Å². The molecule has 182 valence electrons. The van der Waals surface area contributed by atoms with Crippen molar-refractivity contribution in [3.8, 4) is 0 Å². The summed E-state index contributed by atoms with van der Waals surface area (Å²) in [6, 6.07) is 5.92. The number of unbranched alkanes of at least 4 members (excludes halogenated alkanes) is 1. The van der Waals surface area contributed by atoms with Gasteiger partial charge in [0.2, 0.25) is 0 Å². The lowest BCUT2D eigenvalue weighted by Crippen LogP contribution is -2.42. The molecular formula is C25H26N4O6. The molecular weight excluding hydrogens is 452 g/mol. The first kappa shape index (κ1) is 22.8. The highest BCUT2D eigenvalue weighted by Crippen LogP contribution is 2.44. The molecule has 5 amide bonds. The highest BCUT2D eigenvalue weighted by atomic mass is 16.3. The van der Waals surface area contributed by atoms with Crippen LogP contribution in [0.3, 0.4) is 0 Å². The fourth-order valence-electron chi connectivity index (χ4n) is 4.90. The average molecular weight is 479 g/mol. The van der Waals surface area contributed by atoms with Gasteiger partial charge in [-0.25, -0.2) is 14.7 Å². The van der Waals surface area contributed by atoms with Crippen LogP contribution in [0.1, 0.15) is 56.6 Å². The van der Waals surface area contributed by atoms with Crippen molar-refractivity contribution in [3.05, 3.63) is 53.9 Å². The third-order valence-corrected chi connectivity index (χ3v) is 6.62. The average Bonchev–Trinajstić information content (AvgIpc) is 3.64. The van der Waals surface area contributed by atoms with Gasteiger partial charge in [0.15, 0.2) is 0 Å². The van der Waals surface area contributed by atoms with Gasteiger partial charge in [-0.05, 0) is 61.6 Å². The maximum atomic E-state index is 13.5. The molecule has 10 heteroatoms. The van der Waals surface area contributed by atoms with Crippen molar-refractivity contribution < 1.29 is 28.0 Å². The van der Waals surface area contributed by atoms with E-state index >= 15 is 0 Å². The fraction of sp³-hybridized carbons (Fsp3) is 0.400. The van der Waals surface area contributed by atoms with Crippen LogP contribution >= 0.6 is 0 Å². The summed E-state index contributed by atoms with van der Waals surface area (Å²) in [6.45, 7) is 1.50. The molecule has 2 unspecified atom stereocenters. The van der Waals surface area contributed by atoms with Gasteiger partial charge in [-0.3, -0.25) is 19.3 Å². The summed E-state index contributed by atoms with van der Waals surface area (Å²) >= 11 is 0. The van der Waals surface area contributed by atoms with Crippen LogP contribution in [0.4, 0.5) is 4.79 Å². The molecule has 2 aromatic heterocycles. The van der Waals surface area contributed by atoms with Gasteiger partial charge in [0.1, 0.15) is 24.1 Å². The number of hydrogen-bond acceptors (Lipinski definition) is 7. The smallest absolute Gasteiger partial charge is 0.334 e. The van der Waals surface area contributed by atoms with Gasteiger partial charge in [-0.1, -0.05) is 13.3 Å². The van der Waals surface area contributed by atoms with Crippen molar-refractivity contribution >= 4 is 35.5 Å². The van der Waals surface area contributed by atoms with Crippen molar-refractivity contribution in [1.29, 1.82) is 0 Å². The minimum atomic E-state index is -0.989. The van der Waals surface area contributed by atoms with E-state index in [4.69, 9.17) is 8.83 Å². The Bertz CT molecular complexity index is 1200. The second-order valence-corrected chi connectivity index (χ2v) is 8.85. The molecule has 0 radical (unpaired) electrons. The van der Waals surface area contributed by atoms with Crippen molar-refractivity contribution in [1.82, 2.24) is 14.8 Å². The van der Waals surface area contributed by atoms with E-state index < -0.39 is 36.3 Å². The highest BCUT2D eigenvalue weighted by molar-refractivity contribution is 6.45. The monoisotopic (exact) mass is 478 g/mol. The third-order valence-electron chi connectivity index (χ3n) is 6.62. The lowest BCUT2D eigenvalue weighted by molar-refractivity contribution is -0.145. The fourth-order valence-corrected chi connectivity index (χ4v) is 4.90. The van der Waals surface area contributed by atoms with Crippen LogP contribution in [-0.2, 0) is 14.4 Å². The third kappa shape index (κ3) is 4.09. The zero-order valence-corrected chi connectivity index (χ0v) is 19.4. The lowest BCUT2D eigenvalue weighted by atomic mass is 9.79. The van der Waals surface area contributed by atoms with E-state index in [0.717, 1.165) is 41.9 Å². The predicted octanol–water partition coefficient (Wildman–Crippen LogP) is 3.59. The van der Waals surface area contributed by atoms with Gasteiger partial charge < -0.3 is 8.83 Å². The van der Waals surface area contributed by atoms with E-state index in [1.54, 1.807) is 24.5 Å². The number of allylic oxidation sites excluding steroid dienone is 1. The van der Waals surface area contributed by atoms with Crippen LogP contribution < -0.4 is 0 Å². The van der Waals surface area contributed by atoms with Crippen molar-refractivity contribution in [2.75, 3.05) is 13.1 Å². The van der Waals surface area contributed by atoms with Crippen molar-refractivity contribution in [2.24, 2.45) is 11.0 Å². The first-order chi connectivity index (χ1) is 17.0. The SMILES string of the molecule is CCCCN1C(=O)C(=O)N(CC(=O)N2N=C3/C(=C/c4ccco4)CCCC3C2c2ccco2)C1=O. The zero-order valence-electron chi connectivity index (χ0n) is 19.4. The number of carbonyl (C=O) groups excluding carboxylic acids is 4. The predicted molar refractivity (Wildman–Crippen MR) is 123 cm³/mol. The van der Waals surface area contributed by atoms with Gasteiger partial charge in [-0.15, -0.1) is 0 Å².